The van der Waals surface area contributed by atoms with Crippen molar-refractivity contribution < 1.29 is 14.3 Å². The molecule has 108 valence electrons. The van der Waals surface area contributed by atoms with E-state index >= 15 is 0 Å². The van der Waals surface area contributed by atoms with E-state index in [1.54, 1.807) is 0 Å². The van der Waals surface area contributed by atoms with Gasteiger partial charge in [0.1, 0.15) is 0 Å². The van der Waals surface area contributed by atoms with Gasteiger partial charge in [-0.05, 0) is 36.0 Å². The predicted octanol–water partition coefficient (Wildman–Crippen LogP) is 2.95. The van der Waals surface area contributed by atoms with Crippen molar-refractivity contribution in [1.82, 2.24) is 0 Å². The van der Waals surface area contributed by atoms with Crippen LogP contribution >= 0.6 is 0 Å². The first-order valence-corrected chi connectivity index (χ1v) is 7.04. The normalized spacial score (nSPS) is 20.6. The van der Waals surface area contributed by atoms with Crippen LogP contribution in [0.3, 0.4) is 0 Å². The van der Waals surface area contributed by atoms with Gasteiger partial charge in [-0.15, -0.1) is 0 Å². The summed E-state index contributed by atoms with van der Waals surface area (Å²) in [5, 5.41) is 2.72. The number of hydrogen-bond acceptors (Lipinski definition) is 3. The van der Waals surface area contributed by atoms with Crippen LogP contribution in [-0.2, 0) is 14.3 Å². The maximum absolute atomic E-state index is 11.7. The second kappa shape index (κ2) is 6.07. The van der Waals surface area contributed by atoms with Crippen LogP contribution in [0.2, 0.25) is 0 Å². The third kappa shape index (κ3) is 3.83. The highest BCUT2D eigenvalue weighted by molar-refractivity contribution is 5.93. The average Bonchev–Trinajstić information content (AvgIpc) is 3.14. The quantitative estimate of drug-likeness (QED) is 0.841. The smallest absolute Gasteiger partial charge is 0.309 e. The molecule has 2 rings (SSSR count). The Morgan fingerprint density at radius 3 is 2.40 bits per heavy atom. The van der Waals surface area contributed by atoms with E-state index in [0.717, 1.165) is 12.1 Å². The molecule has 1 aliphatic rings. The van der Waals surface area contributed by atoms with Crippen LogP contribution in [0.1, 0.15) is 38.7 Å². The number of benzene rings is 1. The number of rotatable bonds is 5. The summed E-state index contributed by atoms with van der Waals surface area (Å²) in [5.74, 6) is 0.287. The first kappa shape index (κ1) is 14.6. The van der Waals surface area contributed by atoms with Gasteiger partial charge in [-0.2, -0.15) is 0 Å². The van der Waals surface area contributed by atoms with E-state index in [1.807, 2.05) is 31.2 Å². The highest BCUT2D eigenvalue weighted by Gasteiger charge is 2.40. The molecule has 20 heavy (non-hydrogen) atoms. The minimum absolute atomic E-state index is 0.00637. The third-order valence-electron chi connectivity index (χ3n) is 3.62. The zero-order valence-electron chi connectivity index (χ0n) is 12.2. The van der Waals surface area contributed by atoms with Crippen LogP contribution in [-0.4, -0.2) is 18.5 Å². The zero-order valence-corrected chi connectivity index (χ0v) is 12.2. The number of esters is 1. The van der Waals surface area contributed by atoms with Crippen LogP contribution in [0.25, 0.3) is 0 Å². The van der Waals surface area contributed by atoms with Gasteiger partial charge in [-0.1, -0.05) is 32.9 Å². The summed E-state index contributed by atoms with van der Waals surface area (Å²) in [7, 11) is 0. The number of carbonyl (C=O) groups excluding carboxylic acids is 2. The van der Waals surface area contributed by atoms with Gasteiger partial charge < -0.3 is 10.1 Å². The van der Waals surface area contributed by atoms with Gasteiger partial charge in [0.15, 0.2) is 6.61 Å². The van der Waals surface area contributed by atoms with E-state index in [2.05, 4.69) is 19.2 Å². The summed E-state index contributed by atoms with van der Waals surface area (Å²) < 4.78 is 4.98. The lowest BCUT2D eigenvalue weighted by Gasteiger charge is -2.09. The Bertz CT molecular complexity index is 493. The van der Waals surface area contributed by atoms with E-state index < -0.39 is 0 Å². The maximum Gasteiger partial charge on any atom is 0.309 e. The summed E-state index contributed by atoms with van der Waals surface area (Å²) in [6.45, 7) is 6.02. The molecule has 0 heterocycles. The minimum atomic E-state index is -0.302. The first-order chi connectivity index (χ1) is 9.47. The second-order valence-corrected chi connectivity index (χ2v) is 5.75. The molecule has 0 aromatic heterocycles. The van der Waals surface area contributed by atoms with Gasteiger partial charge in [0, 0.05) is 5.69 Å². The van der Waals surface area contributed by atoms with Crippen molar-refractivity contribution in [1.29, 1.82) is 0 Å². The third-order valence-corrected chi connectivity index (χ3v) is 3.62. The minimum Gasteiger partial charge on any atom is -0.455 e. The molecule has 0 saturated heterocycles. The fourth-order valence-electron chi connectivity index (χ4n) is 2.04. The van der Waals surface area contributed by atoms with Crippen molar-refractivity contribution in [3.63, 3.8) is 0 Å². The molecule has 1 aliphatic carbocycles. The first-order valence-electron chi connectivity index (χ1n) is 7.04. The molecule has 0 spiro atoms. The van der Waals surface area contributed by atoms with Crippen LogP contribution in [0.5, 0.6) is 0 Å². The number of hydrogen-bond donors (Lipinski definition) is 1. The highest BCUT2D eigenvalue weighted by atomic mass is 16.5. The molecule has 0 bridgehead atoms. The number of ether oxygens (including phenoxy) is 1. The Morgan fingerprint density at radius 1 is 1.30 bits per heavy atom. The Morgan fingerprint density at radius 2 is 1.90 bits per heavy atom. The molecule has 0 aliphatic heterocycles. The van der Waals surface area contributed by atoms with Crippen molar-refractivity contribution in [2.75, 3.05) is 11.9 Å². The Balaban J connectivity index is 1.77. The molecule has 4 nitrogen and oxygen atoms in total. The molecular weight excluding hydrogens is 254 g/mol. The monoisotopic (exact) mass is 275 g/mol. The van der Waals surface area contributed by atoms with E-state index in [9.17, 15) is 9.59 Å². The van der Waals surface area contributed by atoms with Gasteiger partial charge in [0.2, 0.25) is 0 Å². The van der Waals surface area contributed by atoms with E-state index in [1.165, 1.54) is 5.56 Å². The predicted molar refractivity (Wildman–Crippen MR) is 77.4 cm³/mol. The highest BCUT2D eigenvalue weighted by Crippen LogP contribution is 2.38. The fourth-order valence-corrected chi connectivity index (χ4v) is 2.04. The van der Waals surface area contributed by atoms with Crippen molar-refractivity contribution in [2.24, 2.45) is 11.8 Å². The van der Waals surface area contributed by atoms with Crippen LogP contribution in [0.15, 0.2) is 24.3 Å². The van der Waals surface area contributed by atoms with Gasteiger partial charge in [0.05, 0.1) is 5.92 Å². The van der Waals surface area contributed by atoms with Crippen LogP contribution < -0.4 is 5.32 Å². The SMILES string of the molecule is CC(C)c1ccc(NC(=O)COC(=O)[C@@H]2C[C@H]2C)cc1. The molecule has 1 N–H and O–H groups in total. The molecule has 1 amide bonds. The van der Waals surface area contributed by atoms with Crippen molar-refractivity contribution in [2.45, 2.75) is 33.1 Å². The molecule has 0 radical (unpaired) electrons. The van der Waals surface area contributed by atoms with Crippen molar-refractivity contribution in [3.05, 3.63) is 29.8 Å². The Kier molecular flexibility index (Phi) is 4.42. The Labute approximate surface area is 119 Å². The molecule has 2 atom stereocenters. The van der Waals surface area contributed by atoms with Crippen molar-refractivity contribution >= 4 is 17.6 Å². The Hall–Kier alpha value is -1.84. The summed E-state index contributed by atoms with van der Waals surface area (Å²) in [6, 6.07) is 7.69. The molecule has 1 aromatic rings. The van der Waals surface area contributed by atoms with E-state index in [4.69, 9.17) is 4.74 Å². The van der Waals surface area contributed by atoms with Crippen LogP contribution in [0.4, 0.5) is 5.69 Å². The summed E-state index contributed by atoms with van der Waals surface area (Å²) in [4.78, 5) is 23.2. The number of carbonyl (C=O) groups is 2. The molecule has 0 unspecified atom stereocenters. The lowest BCUT2D eigenvalue weighted by molar-refractivity contribution is -0.148. The van der Waals surface area contributed by atoms with Gasteiger partial charge in [0.25, 0.3) is 5.91 Å². The average molecular weight is 275 g/mol. The maximum atomic E-state index is 11.7. The fraction of sp³-hybridized carbons (Fsp3) is 0.500. The summed E-state index contributed by atoms with van der Waals surface area (Å²) in [6.07, 6.45) is 0.872. The zero-order chi connectivity index (χ0) is 14.7. The summed E-state index contributed by atoms with van der Waals surface area (Å²) >= 11 is 0. The van der Waals surface area contributed by atoms with Gasteiger partial charge in [-0.3, -0.25) is 9.59 Å². The number of nitrogens with one attached hydrogen (secondary N) is 1. The van der Waals surface area contributed by atoms with Gasteiger partial charge in [-0.25, -0.2) is 0 Å². The van der Waals surface area contributed by atoms with E-state index in [-0.39, 0.29) is 24.4 Å². The molecule has 4 heteroatoms. The molecule has 1 aromatic carbocycles. The number of anilines is 1. The number of amides is 1. The lowest BCUT2D eigenvalue weighted by atomic mass is 10.0. The standard InChI is InChI=1S/C16H21NO3/c1-10(2)12-4-6-13(7-5-12)17-15(18)9-20-16(19)14-8-11(14)3/h4-7,10-11,14H,8-9H2,1-3H3,(H,17,18)/t11-,14-/m1/s1. The summed E-state index contributed by atoms with van der Waals surface area (Å²) in [5.41, 5.74) is 1.94. The van der Waals surface area contributed by atoms with Gasteiger partial charge >= 0.3 is 5.97 Å². The topological polar surface area (TPSA) is 55.4 Å². The van der Waals surface area contributed by atoms with Crippen LogP contribution in [0, 0.1) is 11.8 Å². The lowest BCUT2D eigenvalue weighted by Crippen LogP contribution is -2.21. The van der Waals surface area contributed by atoms with Crippen molar-refractivity contribution in [3.8, 4) is 0 Å². The van der Waals surface area contributed by atoms with E-state index in [0.29, 0.717) is 11.8 Å². The molecule has 1 fully saturated rings. The molecular formula is C16H21NO3. The molecule has 1 saturated carbocycles. The largest absolute Gasteiger partial charge is 0.455 e. The second-order valence-electron chi connectivity index (χ2n) is 5.75.